The van der Waals surface area contributed by atoms with Crippen molar-refractivity contribution < 1.29 is 9.13 Å². The van der Waals surface area contributed by atoms with E-state index in [0.29, 0.717) is 12.4 Å². The normalized spacial score (nSPS) is 14.0. The van der Waals surface area contributed by atoms with Crippen molar-refractivity contribution in [3.63, 3.8) is 0 Å². The maximum Gasteiger partial charge on any atom is 0.135 e. The summed E-state index contributed by atoms with van der Waals surface area (Å²) in [5.74, 6) is 0.227. The Morgan fingerprint density at radius 2 is 1.77 bits per heavy atom. The van der Waals surface area contributed by atoms with Crippen LogP contribution in [-0.2, 0) is 0 Å². The van der Waals surface area contributed by atoms with Gasteiger partial charge in [0.15, 0.2) is 0 Å². The number of hydrogen-bond donors (Lipinski definition) is 2. The molecule has 0 atom stereocenters. The Labute approximate surface area is 224 Å². The van der Waals surface area contributed by atoms with Gasteiger partial charge in [-0.25, -0.2) is 9.37 Å². The van der Waals surface area contributed by atoms with Gasteiger partial charge in [0.25, 0.3) is 0 Å². The Morgan fingerprint density at radius 3 is 2.64 bits per heavy atom. The summed E-state index contributed by atoms with van der Waals surface area (Å²) >= 11 is 0. The number of halogens is 1. The van der Waals surface area contributed by atoms with Crippen LogP contribution in [0.15, 0.2) is 79.1 Å². The average Bonchev–Trinajstić information content (AvgIpc) is 3.72. The van der Waals surface area contributed by atoms with Crippen LogP contribution in [0.5, 0.6) is 5.75 Å². The predicted molar refractivity (Wildman–Crippen MR) is 151 cm³/mol. The van der Waals surface area contributed by atoms with Crippen LogP contribution in [0.2, 0.25) is 0 Å². The Kier molecular flexibility index (Phi) is 6.01. The third-order valence-electron chi connectivity index (χ3n) is 7.36. The van der Waals surface area contributed by atoms with Gasteiger partial charge in [0, 0.05) is 41.5 Å². The molecule has 8 heteroatoms. The molecule has 1 aliphatic rings. The minimum absolute atomic E-state index is 0.317. The Bertz CT molecular complexity index is 1770. The lowest BCUT2D eigenvalue weighted by molar-refractivity contribution is 0.237. The summed E-state index contributed by atoms with van der Waals surface area (Å²) in [4.78, 5) is 14.9. The smallest absolute Gasteiger partial charge is 0.135 e. The van der Waals surface area contributed by atoms with E-state index >= 15 is 0 Å². The number of rotatable bonds is 7. The molecule has 1 aliphatic heterocycles. The molecule has 5 heterocycles. The molecule has 2 N–H and O–H groups in total. The number of nitrogens with one attached hydrogen (secondary N) is 2. The van der Waals surface area contributed by atoms with Crippen molar-refractivity contribution in [1.29, 1.82) is 0 Å². The first-order valence-corrected chi connectivity index (χ1v) is 13.2. The molecule has 194 valence electrons. The third kappa shape index (κ3) is 4.64. The zero-order valence-electron chi connectivity index (χ0n) is 21.3. The second-order valence-corrected chi connectivity index (χ2v) is 9.92. The Morgan fingerprint density at radius 1 is 0.897 bits per heavy atom. The topological polar surface area (TPSA) is 82.7 Å². The third-order valence-corrected chi connectivity index (χ3v) is 7.36. The van der Waals surface area contributed by atoms with Crippen molar-refractivity contribution >= 4 is 21.9 Å². The Balaban J connectivity index is 1.23. The number of nitrogens with zero attached hydrogens (tertiary/aromatic N) is 4. The van der Waals surface area contributed by atoms with Gasteiger partial charge in [-0.1, -0.05) is 12.1 Å². The lowest BCUT2D eigenvalue weighted by Crippen LogP contribution is -2.25. The molecule has 7 rings (SSSR count). The molecule has 0 radical (unpaired) electrons. The molecule has 0 amide bonds. The highest BCUT2D eigenvalue weighted by Crippen LogP contribution is 2.35. The van der Waals surface area contributed by atoms with Gasteiger partial charge in [-0.2, -0.15) is 5.10 Å². The second kappa shape index (κ2) is 9.96. The second-order valence-electron chi connectivity index (χ2n) is 9.92. The van der Waals surface area contributed by atoms with Crippen molar-refractivity contribution in [1.82, 2.24) is 30.0 Å². The minimum Gasteiger partial charge on any atom is -0.492 e. The number of fused-ring (bicyclic) bond motifs is 2. The summed E-state index contributed by atoms with van der Waals surface area (Å²) in [5.41, 5.74) is 7.65. The van der Waals surface area contributed by atoms with E-state index in [2.05, 4.69) is 31.1 Å². The zero-order chi connectivity index (χ0) is 26.2. The van der Waals surface area contributed by atoms with Crippen molar-refractivity contribution in [2.75, 3.05) is 26.2 Å². The zero-order valence-corrected chi connectivity index (χ0v) is 21.3. The van der Waals surface area contributed by atoms with Crippen LogP contribution in [-0.4, -0.2) is 56.3 Å². The number of ether oxygens (including phenoxy) is 1. The van der Waals surface area contributed by atoms with Gasteiger partial charge in [0.2, 0.25) is 0 Å². The van der Waals surface area contributed by atoms with Gasteiger partial charge in [0.05, 0.1) is 16.9 Å². The summed E-state index contributed by atoms with van der Waals surface area (Å²) in [6.07, 6.45) is 5.99. The molecular weight excluding hydrogens is 491 g/mol. The fraction of sp³-hybridized carbons (Fsp3) is 0.194. The lowest BCUT2D eigenvalue weighted by Gasteiger charge is -2.15. The number of aromatic nitrogens is 5. The van der Waals surface area contributed by atoms with Crippen molar-refractivity contribution in [3.8, 4) is 39.5 Å². The maximum absolute atomic E-state index is 14.7. The first-order valence-electron chi connectivity index (χ1n) is 13.2. The minimum atomic E-state index is -0.317. The maximum atomic E-state index is 14.7. The highest BCUT2D eigenvalue weighted by atomic mass is 19.1. The molecule has 39 heavy (non-hydrogen) atoms. The largest absolute Gasteiger partial charge is 0.492 e. The van der Waals surface area contributed by atoms with Crippen LogP contribution in [0.4, 0.5) is 4.39 Å². The average molecular weight is 519 g/mol. The van der Waals surface area contributed by atoms with Gasteiger partial charge in [-0.15, -0.1) is 0 Å². The molecule has 0 unspecified atom stereocenters. The summed E-state index contributed by atoms with van der Waals surface area (Å²) < 4.78 is 20.7. The summed E-state index contributed by atoms with van der Waals surface area (Å²) in [6, 6.07) is 20.8. The first-order chi connectivity index (χ1) is 19.2. The van der Waals surface area contributed by atoms with Crippen molar-refractivity contribution in [3.05, 3.63) is 84.9 Å². The number of aromatic amines is 2. The van der Waals surface area contributed by atoms with Crippen LogP contribution in [0.1, 0.15) is 12.8 Å². The van der Waals surface area contributed by atoms with Crippen molar-refractivity contribution in [2.24, 2.45) is 0 Å². The molecular formula is C31H27FN6O. The first kappa shape index (κ1) is 23.5. The molecule has 1 fully saturated rings. The van der Waals surface area contributed by atoms with Gasteiger partial charge >= 0.3 is 0 Å². The van der Waals surface area contributed by atoms with Crippen LogP contribution in [0.3, 0.4) is 0 Å². The monoisotopic (exact) mass is 518 g/mol. The van der Waals surface area contributed by atoms with E-state index in [0.717, 1.165) is 75.3 Å². The van der Waals surface area contributed by atoms with Gasteiger partial charge in [-0.3, -0.25) is 15.0 Å². The van der Waals surface area contributed by atoms with Crippen LogP contribution in [0.25, 0.3) is 55.7 Å². The highest BCUT2D eigenvalue weighted by molar-refractivity contribution is 6.00. The van der Waals surface area contributed by atoms with Crippen LogP contribution in [0, 0.1) is 5.82 Å². The summed E-state index contributed by atoms with van der Waals surface area (Å²) in [6.45, 7) is 3.63. The molecule has 4 aromatic heterocycles. The fourth-order valence-electron chi connectivity index (χ4n) is 5.41. The number of hydrogen-bond acceptors (Lipinski definition) is 5. The van der Waals surface area contributed by atoms with Crippen molar-refractivity contribution in [2.45, 2.75) is 12.8 Å². The standard InChI is InChI=1S/C31H27FN6O/c32-22-16-21(17-23(18-22)39-15-14-38-12-1-2-13-38)24-4-3-5-27-25(24)19-29(34-27)31-30-28(36-37-31)7-6-26(35-30)20-8-10-33-11-9-20/h3-11,16-19,34H,1-2,12-15H2,(H,36,37). The molecule has 0 saturated carbocycles. The predicted octanol–water partition coefficient (Wildman–Crippen LogP) is 6.45. The van der Waals surface area contributed by atoms with Gasteiger partial charge in [-0.05, 0) is 85.6 Å². The van der Waals surface area contributed by atoms with E-state index in [4.69, 9.17) is 9.72 Å². The molecule has 0 spiro atoms. The number of likely N-dealkylation sites (tertiary alicyclic amines) is 1. The molecule has 0 bridgehead atoms. The number of benzene rings is 2. The van der Waals surface area contributed by atoms with E-state index in [9.17, 15) is 4.39 Å². The van der Waals surface area contributed by atoms with E-state index in [-0.39, 0.29) is 5.82 Å². The van der Waals surface area contributed by atoms with Crippen LogP contribution < -0.4 is 4.74 Å². The quantitative estimate of drug-likeness (QED) is 0.254. The Hall–Kier alpha value is -4.56. The number of pyridine rings is 2. The molecule has 2 aromatic carbocycles. The van der Waals surface area contributed by atoms with E-state index in [1.807, 2.05) is 48.5 Å². The summed E-state index contributed by atoms with van der Waals surface area (Å²) in [5, 5.41) is 8.65. The van der Waals surface area contributed by atoms with Crippen LogP contribution >= 0.6 is 0 Å². The molecule has 6 aromatic rings. The van der Waals surface area contributed by atoms with Gasteiger partial charge in [0.1, 0.15) is 29.4 Å². The summed E-state index contributed by atoms with van der Waals surface area (Å²) in [7, 11) is 0. The highest BCUT2D eigenvalue weighted by Gasteiger charge is 2.16. The van der Waals surface area contributed by atoms with E-state index in [1.165, 1.54) is 18.9 Å². The van der Waals surface area contributed by atoms with Gasteiger partial charge < -0.3 is 9.72 Å². The lowest BCUT2D eigenvalue weighted by atomic mass is 10.0. The fourth-order valence-corrected chi connectivity index (χ4v) is 5.41. The van der Waals surface area contributed by atoms with E-state index < -0.39 is 0 Å². The molecule has 0 aliphatic carbocycles. The van der Waals surface area contributed by atoms with E-state index in [1.54, 1.807) is 18.5 Å². The number of H-pyrrole nitrogens is 2. The molecule has 1 saturated heterocycles. The molecule has 7 nitrogen and oxygen atoms in total. The SMILES string of the molecule is Fc1cc(OCCN2CCCC2)cc(-c2cccc3[nH]c(-c4n[nH]c5ccc(-c6ccncc6)nc45)cc23)c1.